The highest BCUT2D eigenvalue weighted by Crippen LogP contribution is 2.39. The van der Waals surface area contributed by atoms with Gasteiger partial charge in [-0.15, -0.1) is 0 Å². The Labute approximate surface area is 106 Å². The monoisotopic (exact) mass is 253 g/mol. The summed E-state index contributed by atoms with van der Waals surface area (Å²) in [4.78, 5) is 36.8. The van der Waals surface area contributed by atoms with E-state index in [2.05, 4.69) is 0 Å². The highest BCUT2D eigenvalue weighted by Gasteiger charge is 2.52. The summed E-state index contributed by atoms with van der Waals surface area (Å²) in [5, 5.41) is 9.23. The van der Waals surface area contributed by atoms with Crippen LogP contribution in [0.3, 0.4) is 0 Å². The van der Waals surface area contributed by atoms with Crippen molar-refractivity contribution >= 4 is 17.8 Å². The number of imide groups is 1. The van der Waals surface area contributed by atoms with Gasteiger partial charge in [0.05, 0.1) is 11.8 Å². The maximum absolute atomic E-state index is 12.2. The highest BCUT2D eigenvalue weighted by molar-refractivity contribution is 6.07. The Bertz CT molecular complexity index is 366. The number of likely N-dealkylation sites (tertiary alicyclic amines) is 1. The molecule has 100 valence electrons. The lowest BCUT2D eigenvalue weighted by Crippen LogP contribution is -2.48. The third kappa shape index (κ3) is 1.91. The van der Waals surface area contributed by atoms with Crippen LogP contribution in [0, 0.1) is 17.8 Å². The largest absolute Gasteiger partial charge is 0.480 e. The van der Waals surface area contributed by atoms with Gasteiger partial charge in [0.15, 0.2) is 0 Å². The SMILES string of the molecule is CC(C)[C@@H](C(=O)O)N1C(=O)[C@H]2CCCC[C@H]2C1=O. The van der Waals surface area contributed by atoms with Crippen LogP contribution in [0.25, 0.3) is 0 Å². The number of carbonyl (C=O) groups excluding carboxylic acids is 2. The molecule has 1 aliphatic heterocycles. The molecule has 2 aliphatic rings. The molecule has 2 fully saturated rings. The lowest BCUT2D eigenvalue weighted by molar-refractivity contribution is -0.157. The van der Waals surface area contributed by atoms with Crippen LogP contribution in [0.15, 0.2) is 0 Å². The van der Waals surface area contributed by atoms with Gasteiger partial charge in [-0.25, -0.2) is 4.79 Å². The second kappa shape index (κ2) is 4.71. The van der Waals surface area contributed by atoms with Gasteiger partial charge in [0.1, 0.15) is 6.04 Å². The normalized spacial score (nSPS) is 29.6. The number of carboxylic acids is 1. The van der Waals surface area contributed by atoms with Crippen molar-refractivity contribution in [1.82, 2.24) is 4.90 Å². The molecule has 0 aromatic carbocycles. The number of nitrogens with zero attached hydrogens (tertiary/aromatic N) is 1. The molecule has 1 saturated heterocycles. The van der Waals surface area contributed by atoms with Crippen molar-refractivity contribution in [2.45, 2.75) is 45.6 Å². The Morgan fingerprint density at radius 1 is 1.17 bits per heavy atom. The van der Waals surface area contributed by atoms with Crippen molar-refractivity contribution in [3.63, 3.8) is 0 Å². The molecule has 0 spiro atoms. The van der Waals surface area contributed by atoms with E-state index in [1.54, 1.807) is 13.8 Å². The first-order valence-electron chi connectivity index (χ1n) is 6.55. The molecule has 0 bridgehead atoms. The lowest BCUT2D eigenvalue weighted by Gasteiger charge is -2.26. The van der Waals surface area contributed by atoms with Crippen LogP contribution in [0.5, 0.6) is 0 Å². The standard InChI is InChI=1S/C13H19NO4/c1-7(2)10(13(17)18)14-11(15)8-5-3-4-6-9(8)12(14)16/h7-10H,3-6H2,1-2H3,(H,17,18)/t8-,9+,10-/m0/s1. The summed E-state index contributed by atoms with van der Waals surface area (Å²) < 4.78 is 0. The van der Waals surface area contributed by atoms with Gasteiger partial charge in [-0.2, -0.15) is 0 Å². The van der Waals surface area contributed by atoms with E-state index in [-0.39, 0.29) is 29.6 Å². The van der Waals surface area contributed by atoms with Gasteiger partial charge in [0.2, 0.25) is 11.8 Å². The predicted molar refractivity (Wildman–Crippen MR) is 63.6 cm³/mol. The lowest BCUT2D eigenvalue weighted by atomic mass is 9.81. The first-order chi connectivity index (χ1) is 8.45. The Balaban J connectivity index is 2.30. The zero-order valence-corrected chi connectivity index (χ0v) is 10.8. The minimum absolute atomic E-state index is 0.268. The molecule has 5 nitrogen and oxygen atoms in total. The van der Waals surface area contributed by atoms with Crippen LogP contribution < -0.4 is 0 Å². The van der Waals surface area contributed by atoms with Gasteiger partial charge in [-0.05, 0) is 18.8 Å². The molecule has 18 heavy (non-hydrogen) atoms. The van der Waals surface area contributed by atoms with Crippen molar-refractivity contribution in [3.05, 3.63) is 0 Å². The number of amides is 2. The summed E-state index contributed by atoms with van der Waals surface area (Å²) in [6.07, 6.45) is 3.34. The second-order valence-electron chi connectivity index (χ2n) is 5.57. The van der Waals surface area contributed by atoms with Gasteiger partial charge >= 0.3 is 5.97 Å². The average molecular weight is 253 g/mol. The van der Waals surface area contributed by atoms with E-state index in [4.69, 9.17) is 0 Å². The number of carbonyl (C=O) groups is 3. The van der Waals surface area contributed by atoms with E-state index in [1.807, 2.05) is 0 Å². The van der Waals surface area contributed by atoms with E-state index in [0.717, 1.165) is 30.6 Å². The van der Waals surface area contributed by atoms with Crippen molar-refractivity contribution in [2.75, 3.05) is 0 Å². The first-order valence-corrected chi connectivity index (χ1v) is 6.55. The van der Waals surface area contributed by atoms with E-state index < -0.39 is 12.0 Å². The van der Waals surface area contributed by atoms with Gasteiger partial charge < -0.3 is 5.11 Å². The van der Waals surface area contributed by atoms with E-state index >= 15 is 0 Å². The van der Waals surface area contributed by atoms with Gasteiger partial charge in [-0.1, -0.05) is 26.7 Å². The van der Waals surface area contributed by atoms with Crippen LogP contribution >= 0.6 is 0 Å². The van der Waals surface area contributed by atoms with Crippen molar-refractivity contribution in [3.8, 4) is 0 Å². The van der Waals surface area contributed by atoms with Gasteiger partial charge in [0.25, 0.3) is 0 Å². The maximum atomic E-state index is 12.2. The van der Waals surface area contributed by atoms with E-state index in [0.29, 0.717) is 0 Å². The number of hydrogen-bond acceptors (Lipinski definition) is 3. The first kappa shape index (κ1) is 13.1. The van der Waals surface area contributed by atoms with Crippen molar-refractivity contribution in [2.24, 2.45) is 17.8 Å². The molecular weight excluding hydrogens is 234 g/mol. The molecule has 0 radical (unpaired) electrons. The predicted octanol–water partition coefficient (Wildman–Crippen LogP) is 1.27. The maximum Gasteiger partial charge on any atom is 0.327 e. The van der Waals surface area contributed by atoms with Crippen LogP contribution in [-0.2, 0) is 14.4 Å². The Kier molecular flexibility index (Phi) is 3.41. The molecule has 2 amide bonds. The number of hydrogen-bond donors (Lipinski definition) is 1. The minimum atomic E-state index is -1.09. The summed E-state index contributed by atoms with van der Waals surface area (Å²) in [6.45, 7) is 3.45. The fraction of sp³-hybridized carbons (Fsp3) is 0.769. The summed E-state index contributed by atoms with van der Waals surface area (Å²) >= 11 is 0. The molecule has 2 rings (SSSR count). The Morgan fingerprint density at radius 2 is 1.61 bits per heavy atom. The van der Waals surface area contributed by atoms with Crippen LogP contribution in [-0.4, -0.2) is 33.8 Å². The second-order valence-corrected chi connectivity index (χ2v) is 5.57. The van der Waals surface area contributed by atoms with E-state index in [9.17, 15) is 19.5 Å². The van der Waals surface area contributed by atoms with Crippen molar-refractivity contribution < 1.29 is 19.5 Å². The molecular formula is C13H19NO4. The Hall–Kier alpha value is -1.39. The molecule has 3 atom stereocenters. The molecule has 0 aromatic rings. The van der Waals surface area contributed by atoms with E-state index in [1.165, 1.54) is 0 Å². The molecule has 1 heterocycles. The van der Waals surface area contributed by atoms with Gasteiger partial charge in [-0.3, -0.25) is 14.5 Å². The number of carboxylic acid groups (broad SMARTS) is 1. The smallest absolute Gasteiger partial charge is 0.327 e. The zero-order chi connectivity index (χ0) is 13.4. The molecule has 1 N–H and O–H groups in total. The fourth-order valence-electron chi connectivity index (χ4n) is 3.16. The molecule has 1 aliphatic carbocycles. The van der Waals surface area contributed by atoms with Crippen LogP contribution in [0.2, 0.25) is 0 Å². The Morgan fingerprint density at radius 3 is 1.94 bits per heavy atom. The quantitative estimate of drug-likeness (QED) is 0.769. The number of rotatable bonds is 3. The summed E-state index contributed by atoms with van der Waals surface area (Å²) in [6, 6.07) is -1.02. The summed E-state index contributed by atoms with van der Waals surface area (Å²) in [5.74, 6) is -2.45. The fourth-order valence-corrected chi connectivity index (χ4v) is 3.16. The zero-order valence-electron chi connectivity index (χ0n) is 10.8. The topological polar surface area (TPSA) is 74.7 Å². The summed E-state index contributed by atoms with van der Waals surface area (Å²) in [5.41, 5.74) is 0. The highest BCUT2D eigenvalue weighted by atomic mass is 16.4. The average Bonchev–Trinajstić information content (AvgIpc) is 2.55. The number of fused-ring (bicyclic) bond motifs is 1. The van der Waals surface area contributed by atoms with Crippen LogP contribution in [0.4, 0.5) is 0 Å². The molecule has 5 heteroatoms. The minimum Gasteiger partial charge on any atom is -0.480 e. The third-order valence-electron chi connectivity index (χ3n) is 4.04. The van der Waals surface area contributed by atoms with Crippen LogP contribution in [0.1, 0.15) is 39.5 Å². The number of aliphatic carboxylic acids is 1. The van der Waals surface area contributed by atoms with Crippen molar-refractivity contribution in [1.29, 1.82) is 0 Å². The molecule has 0 aromatic heterocycles. The van der Waals surface area contributed by atoms with Gasteiger partial charge in [0, 0.05) is 0 Å². The third-order valence-corrected chi connectivity index (χ3v) is 4.04. The molecule has 1 saturated carbocycles. The summed E-state index contributed by atoms with van der Waals surface area (Å²) in [7, 11) is 0. The molecule has 0 unspecified atom stereocenters.